The lowest BCUT2D eigenvalue weighted by Gasteiger charge is -1.93. The van der Waals surface area contributed by atoms with E-state index in [9.17, 15) is 0 Å². The van der Waals surface area contributed by atoms with Crippen LogP contribution in [0.2, 0.25) is 5.15 Å². The Morgan fingerprint density at radius 1 is 1.69 bits per heavy atom. The number of ether oxygens (including phenoxy) is 1. The number of halogens is 1. The molecule has 0 fully saturated rings. The van der Waals surface area contributed by atoms with Crippen LogP contribution in [-0.4, -0.2) is 21.7 Å². The van der Waals surface area contributed by atoms with Gasteiger partial charge in [0.15, 0.2) is 5.15 Å². The molecule has 0 bridgehead atoms. The van der Waals surface area contributed by atoms with Crippen LogP contribution < -0.4 is 0 Å². The van der Waals surface area contributed by atoms with Crippen LogP contribution in [-0.2, 0) is 17.9 Å². The van der Waals surface area contributed by atoms with Crippen molar-refractivity contribution in [2.45, 2.75) is 13.2 Å². The fraction of sp³-hybridized carbons (Fsp3) is 0.429. The van der Waals surface area contributed by atoms with E-state index in [0.29, 0.717) is 22.4 Å². The number of fused-ring (bicyclic) bond motifs is 1. The molecule has 2 rings (SSSR count). The zero-order valence-corrected chi connectivity index (χ0v) is 9.86. The molecule has 16 heavy (non-hydrogen) atoms. The van der Waals surface area contributed by atoms with Crippen LogP contribution in [0.1, 0.15) is 10.7 Å². The van der Waals surface area contributed by atoms with Gasteiger partial charge in [-0.15, -0.1) is 0 Å². The second-order valence-electron chi connectivity index (χ2n) is 2.86. The fourth-order valence-corrected chi connectivity index (χ4v) is 2.37. The van der Waals surface area contributed by atoms with Gasteiger partial charge in [-0.25, -0.2) is 9.50 Å². The van der Waals surface area contributed by atoms with Gasteiger partial charge in [-0.2, -0.15) is 5.10 Å². The molecule has 84 valence electrons. The standard InChI is InChI=1S/C7H7ClN6OS/c1-15-3-5-12-14-4(2-10-13-9)6(8)11-7(14)16-5/h2-3H2,1H3. The molecule has 0 saturated heterocycles. The first-order chi connectivity index (χ1) is 7.76. The van der Waals surface area contributed by atoms with Crippen molar-refractivity contribution < 1.29 is 4.74 Å². The molecular weight excluding hydrogens is 252 g/mol. The molecule has 0 atom stereocenters. The molecule has 0 amide bonds. The summed E-state index contributed by atoms with van der Waals surface area (Å²) in [5.41, 5.74) is 8.86. The number of azide groups is 1. The van der Waals surface area contributed by atoms with Crippen LogP contribution in [0.4, 0.5) is 0 Å². The molecule has 0 aliphatic heterocycles. The van der Waals surface area contributed by atoms with Crippen molar-refractivity contribution in [3.8, 4) is 0 Å². The summed E-state index contributed by atoms with van der Waals surface area (Å²) >= 11 is 7.28. The Kier molecular flexibility index (Phi) is 3.25. The van der Waals surface area contributed by atoms with Gasteiger partial charge in [0.1, 0.15) is 5.01 Å². The predicted molar refractivity (Wildman–Crippen MR) is 59.4 cm³/mol. The minimum absolute atomic E-state index is 0.132. The van der Waals surface area contributed by atoms with E-state index in [0.717, 1.165) is 5.01 Å². The largest absolute Gasteiger partial charge is 0.377 e. The molecule has 0 aromatic carbocycles. The summed E-state index contributed by atoms with van der Waals surface area (Å²) in [6.07, 6.45) is 0. The second-order valence-corrected chi connectivity index (χ2v) is 4.26. The monoisotopic (exact) mass is 258 g/mol. The van der Waals surface area contributed by atoms with Gasteiger partial charge in [0, 0.05) is 12.0 Å². The van der Waals surface area contributed by atoms with E-state index >= 15 is 0 Å². The van der Waals surface area contributed by atoms with Crippen molar-refractivity contribution >= 4 is 27.9 Å². The van der Waals surface area contributed by atoms with Gasteiger partial charge in [-0.1, -0.05) is 28.1 Å². The van der Waals surface area contributed by atoms with E-state index in [1.165, 1.54) is 11.3 Å². The molecule has 7 nitrogen and oxygen atoms in total. The van der Waals surface area contributed by atoms with E-state index in [2.05, 4.69) is 20.1 Å². The zero-order valence-electron chi connectivity index (χ0n) is 8.29. The lowest BCUT2D eigenvalue weighted by atomic mass is 10.5. The Labute approximate surface area is 99.2 Å². The SMILES string of the molecule is COCc1nn2c(CN=[N+]=[N-])c(Cl)nc2s1. The van der Waals surface area contributed by atoms with Gasteiger partial charge in [0.25, 0.3) is 0 Å². The minimum atomic E-state index is 0.132. The molecule has 0 spiro atoms. The topological polar surface area (TPSA) is 88.2 Å². The van der Waals surface area contributed by atoms with Gasteiger partial charge < -0.3 is 4.74 Å². The Bertz CT molecular complexity index is 556. The fourth-order valence-electron chi connectivity index (χ4n) is 1.22. The molecule has 0 N–H and O–H groups in total. The first-order valence-electron chi connectivity index (χ1n) is 4.29. The van der Waals surface area contributed by atoms with E-state index in [4.69, 9.17) is 21.9 Å². The van der Waals surface area contributed by atoms with Gasteiger partial charge in [0.2, 0.25) is 4.96 Å². The maximum absolute atomic E-state index is 8.27. The molecule has 0 saturated carbocycles. The van der Waals surface area contributed by atoms with Crippen LogP contribution in [0, 0.1) is 0 Å². The number of methoxy groups -OCH3 is 1. The van der Waals surface area contributed by atoms with E-state index in [1.54, 1.807) is 11.6 Å². The highest BCUT2D eigenvalue weighted by Gasteiger charge is 2.14. The molecule has 0 radical (unpaired) electrons. The lowest BCUT2D eigenvalue weighted by Crippen LogP contribution is -1.94. The molecule has 0 unspecified atom stereocenters. The average Bonchev–Trinajstić information content (AvgIpc) is 2.73. The van der Waals surface area contributed by atoms with E-state index in [-0.39, 0.29) is 6.54 Å². The third kappa shape index (κ3) is 1.96. The summed E-state index contributed by atoms with van der Waals surface area (Å²) in [7, 11) is 1.60. The summed E-state index contributed by atoms with van der Waals surface area (Å²) in [5.74, 6) is 0. The maximum Gasteiger partial charge on any atom is 0.213 e. The number of rotatable bonds is 4. The van der Waals surface area contributed by atoms with Gasteiger partial charge in [0.05, 0.1) is 18.8 Å². The quantitative estimate of drug-likeness (QED) is 0.479. The van der Waals surface area contributed by atoms with Gasteiger partial charge in [-0.3, -0.25) is 0 Å². The summed E-state index contributed by atoms with van der Waals surface area (Å²) in [6, 6.07) is 0. The Balaban J connectivity index is 2.44. The lowest BCUT2D eigenvalue weighted by molar-refractivity contribution is 0.183. The molecule has 2 aromatic heterocycles. The number of hydrogen-bond acceptors (Lipinski definition) is 5. The highest BCUT2D eigenvalue weighted by molar-refractivity contribution is 7.16. The molecule has 9 heteroatoms. The highest BCUT2D eigenvalue weighted by atomic mass is 35.5. The first-order valence-corrected chi connectivity index (χ1v) is 5.48. The number of hydrogen-bond donors (Lipinski definition) is 0. The van der Waals surface area contributed by atoms with Crippen LogP contribution in [0.5, 0.6) is 0 Å². The summed E-state index contributed by atoms with van der Waals surface area (Å²) in [4.78, 5) is 7.46. The van der Waals surface area contributed by atoms with Crippen molar-refractivity contribution in [1.82, 2.24) is 14.6 Å². The first kappa shape index (κ1) is 11.2. The predicted octanol–water partition coefficient (Wildman–Crippen LogP) is 2.40. The van der Waals surface area contributed by atoms with Crippen LogP contribution in [0.15, 0.2) is 5.11 Å². The van der Waals surface area contributed by atoms with Gasteiger partial charge >= 0.3 is 0 Å². The Hall–Kier alpha value is -1.34. The smallest absolute Gasteiger partial charge is 0.213 e. The van der Waals surface area contributed by atoms with Crippen LogP contribution in [0.3, 0.4) is 0 Å². The van der Waals surface area contributed by atoms with Crippen molar-refractivity contribution in [2.75, 3.05) is 7.11 Å². The molecule has 0 aliphatic carbocycles. The molecular formula is C7H7ClN6OS. The zero-order chi connectivity index (χ0) is 11.5. The molecule has 2 heterocycles. The van der Waals surface area contributed by atoms with Crippen molar-refractivity contribution in [2.24, 2.45) is 5.11 Å². The maximum atomic E-state index is 8.27. The Morgan fingerprint density at radius 3 is 3.19 bits per heavy atom. The number of nitrogens with zero attached hydrogens (tertiary/aromatic N) is 6. The highest BCUT2D eigenvalue weighted by Crippen LogP contribution is 2.23. The average molecular weight is 259 g/mol. The number of aromatic nitrogens is 3. The minimum Gasteiger partial charge on any atom is -0.377 e. The van der Waals surface area contributed by atoms with Crippen molar-refractivity contribution in [3.63, 3.8) is 0 Å². The van der Waals surface area contributed by atoms with Gasteiger partial charge in [-0.05, 0) is 5.53 Å². The van der Waals surface area contributed by atoms with Crippen molar-refractivity contribution in [1.29, 1.82) is 0 Å². The summed E-state index contributed by atoms with van der Waals surface area (Å²) in [6.45, 7) is 0.555. The second kappa shape index (κ2) is 4.67. The van der Waals surface area contributed by atoms with Crippen LogP contribution >= 0.6 is 22.9 Å². The number of imidazole rings is 1. The van der Waals surface area contributed by atoms with Crippen molar-refractivity contribution in [3.05, 3.63) is 26.3 Å². The van der Waals surface area contributed by atoms with E-state index < -0.39 is 0 Å². The molecule has 2 aromatic rings. The van der Waals surface area contributed by atoms with Crippen LogP contribution in [0.25, 0.3) is 15.4 Å². The third-order valence-corrected chi connectivity index (χ3v) is 3.03. The van der Waals surface area contributed by atoms with E-state index in [1.807, 2.05) is 0 Å². The Morgan fingerprint density at radius 2 is 2.50 bits per heavy atom. The summed E-state index contributed by atoms with van der Waals surface area (Å²) < 4.78 is 6.55. The summed E-state index contributed by atoms with van der Waals surface area (Å²) in [5, 5.41) is 8.82. The third-order valence-electron chi connectivity index (χ3n) is 1.84. The molecule has 0 aliphatic rings. The normalized spacial score (nSPS) is 10.6.